The first kappa shape index (κ1) is 16.0. The van der Waals surface area contributed by atoms with Crippen LogP contribution in [0.5, 0.6) is 0 Å². The highest BCUT2D eigenvalue weighted by atomic mass is 32.2. The maximum Gasteiger partial charge on any atom is 0.252 e. The Bertz CT molecular complexity index is 431. The number of aliphatic imine (C=N–C) groups is 1. The number of rotatable bonds is 3. The number of carbonyl (C=O) groups excluding carboxylic acids is 1. The average Bonchev–Trinajstić information content (AvgIpc) is 2.37. The number of aliphatic hydroxyl groups excluding tert-OH is 2. The third kappa shape index (κ3) is 4.49. The van der Waals surface area contributed by atoms with Gasteiger partial charge in [-0.1, -0.05) is 0 Å². The molecule has 19 heavy (non-hydrogen) atoms. The molecule has 0 aromatic heterocycles. The van der Waals surface area contributed by atoms with E-state index in [0.29, 0.717) is 0 Å². The van der Waals surface area contributed by atoms with Gasteiger partial charge in [-0.25, -0.2) is 0 Å². The van der Waals surface area contributed by atoms with Crippen molar-refractivity contribution in [3.63, 3.8) is 0 Å². The number of nitrogens with zero attached hydrogens (tertiary/aromatic N) is 1. The Labute approximate surface area is 112 Å². The van der Waals surface area contributed by atoms with Gasteiger partial charge in [0.2, 0.25) is 11.8 Å². The maximum absolute atomic E-state index is 11.2. The van der Waals surface area contributed by atoms with Crippen LogP contribution in [0.4, 0.5) is 0 Å². The van der Waals surface area contributed by atoms with E-state index in [1.54, 1.807) is 0 Å². The first-order valence-electron chi connectivity index (χ1n) is 4.85. The van der Waals surface area contributed by atoms with Crippen molar-refractivity contribution in [2.75, 3.05) is 0 Å². The summed E-state index contributed by atoms with van der Waals surface area (Å²) in [5.41, 5.74) is -3.29. The van der Waals surface area contributed by atoms with Gasteiger partial charge in [-0.3, -0.25) is 4.79 Å². The van der Waals surface area contributed by atoms with Gasteiger partial charge in [-0.15, -0.1) is 0 Å². The summed E-state index contributed by atoms with van der Waals surface area (Å²) in [6.45, 7) is 0. The summed E-state index contributed by atoms with van der Waals surface area (Å²) in [4.78, 5) is 14.6. The van der Waals surface area contributed by atoms with Gasteiger partial charge < -0.3 is 36.0 Å². The second-order valence-corrected chi connectivity index (χ2v) is 4.87. The van der Waals surface area contributed by atoms with E-state index in [0.717, 1.165) is 6.08 Å². The summed E-state index contributed by atoms with van der Waals surface area (Å²) >= 11 is -0.0430. The number of hydrogen-bond acceptors (Lipinski definition) is 9. The van der Waals surface area contributed by atoms with Crippen molar-refractivity contribution < 1.29 is 35.4 Å². The minimum absolute atomic E-state index is 0.0430. The predicted molar refractivity (Wildman–Crippen MR) is 64.6 cm³/mol. The highest BCUT2D eigenvalue weighted by Gasteiger charge is 2.46. The van der Waals surface area contributed by atoms with Gasteiger partial charge in [-0.2, -0.15) is 4.99 Å². The summed E-state index contributed by atoms with van der Waals surface area (Å²) in [5, 5.41) is 53.6. The fourth-order valence-electron chi connectivity index (χ4n) is 1.06. The van der Waals surface area contributed by atoms with Crippen LogP contribution in [0, 0.1) is 0 Å². The van der Waals surface area contributed by atoms with Gasteiger partial charge in [0.25, 0.3) is 5.12 Å². The number of aliphatic hydroxyl groups is 6. The number of nitrogens with one attached hydrogen (secondary N) is 1. The SMILES string of the molecule is [B]C(O)(O)C(O)C(O)(O)SC1=NC(O)=CCC(=O)N1. The molecular weight excluding hydrogens is 279 g/mol. The van der Waals surface area contributed by atoms with Crippen LogP contribution in [-0.2, 0) is 4.79 Å². The minimum Gasteiger partial charge on any atom is -0.493 e. The molecule has 1 unspecified atom stereocenters. The molecule has 0 spiro atoms. The Balaban J connectivity index is 2.88. The summed E-state index contributed by atoms with van der Waals surface area (Å²) in [6.07, 6.45) is -1.72. The molecule has 0 saturated heterocycles. The molecule has 1 rings (SSSR count). The van der Waals surface area contributed by atoms with Gasteiger partial charge in [0.15, 0.2) is 19.1 Å². The molecule has 1 amide bonds. The molecule has 1 heterocycles. The standard InChI is InChI=1S/C8H11BN2O7S/c9-7(15,16)5(14)8(17,18)19-6-10-3(12)1-2-4(13)11-6/h1,5,12,14-18H,2H2,(H,10,11,13). The van der Waals surface area contributed by atoms with Crippen LogP contribution < -0.4 is 5.32 Å². The lowest BCUT2D eigenvalue weighted by atomic mass is 9.89. The molecule has 0 saturated carbocycles. The molecule has 104 valence electrons. The molecule has 0 aromatic rings. The summed E-state index contributed by atoms with van der Waals surface area (Å²) in [5.74, 6) is -1.16. The van der Waals surface area contributed by atoms with E-state index in [4.69, 9.17) is 18.1 Å². The van der Waals surface area contributed by atoms with Crippen LogP contribution in [0.25, 0.3) is 0 Å². The van der Waals surface area contributed by atoms with Crippen LogP contribution in [0.15, 0.2) is 17.0 Å². The first-order chi connectivity index (χ1) is 8.52. The second kappa shape index (κ2) is 5.49. The molecule has 7 N–H and O–H groups in total. The molecular formula is C8H11BN2O7S. The van der Waals surface area contributed by atoms with Crippen molar-refractivity contribution in [2.45, 2.75) is 23.3 Å². The third-order valence-electron chi connectivity index (χ3n) is 1.94. The lowest BCUT2D eigenvalue weighted by Crippen LogP contribution is -2.56. The molecule has 1 aliphatic rings. The lowest BCUT2D eigenvalue weighted by Gasteiger charge is -2.33. The lowest BCUT2D eigenvalue weighted by molar-refractivity contribution is -0.250. The highest BCUT2D eigenvalue weighted by molar-refractivity contribution is 8.14. The Kier molecular flexibility index (Phi) is 4.61. The van der Waals surface area contributed by atoms with E-state index in [2.05, 4.69) is 10.3 Å². The Morgan fingerprint density at radius 2 is 2.00 bits per heavy atom. The minimum atomic E-state index is -3.29. The molecule has 9 nitrogen and oxygen atoms in total. The van der Waals surface area contributed by atoms with Gasteiger partial charge in [0, 0.05) is 0 Å². The van der Waals surface area contributed by atoms with Crippen LogP contribution in [-0.4, -0.2) is 66.5 Å². The Morgan fingerprint density at radius 1 is 1.42 bits per heavy atom. The fourth-order valence-corrected chi connectivity index (χ4v) is 1.93. The zero-order valence-corrected chi connectivity index (χ0v) is 10.2. The molecule has 0 bridgehead atoms. The van der Waals surface area contributed by atoms with Crippen molar-refractivity contribution in [2.24, 2.45) is 4.99 Å². The zero-order valence-electron chi connectivity index (χ0n) is 9.39. The van der Waals surface area contributed by atoms with Crippen molar-refractivity contribution in [1.29, 1.82) is 0 Å². The Hall–Kier alpha value is -1.11. The molecule has 2 radical (unpaired) electrons. The van der Waals surface area contributed by atoms with Crippen molar-refractivity contribution in [3.05, 3.63) is 12.0 Å². The number of amides is 1. The van der Waals surface area contributed by atoms with Crippen LogP contribution in [0.2, 0.25) is 0 Å². The molecule has 1 aliphatic heterocycles. The topological polar surface area (TPSA) is 163 Å². The van der Waals surface area contributed by atoms with E-state index < -0.39 is 33.9 Å². The summed E-state index contributed by atoms with van der Waals surface area (Å²) < 4.78 is 0. The number of amidine groups is 1. The molecule has 0 aliphatic carbocycles. The zero-order chi connectivity index (χ0) is 14.8. The van der Waals surface area contributed by atoms with Crippen molar-refractivity contribution >= 4 is 30.7 Å². The highest BCUT2D eigenvalue weighted by Crippen LogP contribution is 2.28. The van der Waals surface area contributed by atoms with Crippen molar-refractivity contribution in [1.82, 2.24) is 5.32 Å². The molecule has 0 fully saturated rings. The second-order valence-electron chi connectivity index (χ2n) is 3.68. The maximum atomic E-state index is 11.2. The monoisotopic (exact) mass is 290 g/mol. The quantitative estimate of drug-likeness (QED) is 0.211. The van der Waals surface area contributed by atoms with Crippen molar-refractivity contribution in [3.8, 4) is 0 Å². The first-order valence-corrected chi connectivity index (χ1v) is 5.67. The van der Waals surface area contributed by atoms with E-state index >= 15 is 0 Å². The third-order valence-corrected chi connectivity index (χ3v) is 2.85. The van der Waals surface area contributed by atoms with Gasteiger partial charge >= 0.3 is 0 Å². The van der Waals surface area contributed by atoms with Gasteiger partial charge in [0.1, 0.15) is 5.69 Å². The molecule has 0 aromatic carbocycles. The molecule has 11 heteroatoms. The Morgan fingerprint density at radius 3 is 2.53 bits per heavy atom. The van der Waals surface area contributed by atoms with Crippen LogP contribution >= 0.6 is 11.8 Å². The summed E-state index contributed by atoms with van der Waals surface area (Å²) in [7, 11) is 4.70. The number of hydrogen-bond donors (Lipinski definition) is 7. The van der Waals surface area contributed by atoms with E-state index in [1.807, 2.05) is 0 Å². The summed E-state index contributed by atoms with van der Waals surface area (Å²) in [6, 6.07) is 0. The molecule has 1 atom stereocenters. The largest absolute Gasteiger partial charge is 0.493 e. The average molecular weight is 290 g/mol. The van der Waals surface area contributed by atoms with Crippen LogP contribution in [0.3, 0.4) is 0 Å². The predicted octanol–water partition coefficient (Wildman–Crippen LogP) is -3.20. The van der Waals surface area contributed by atoms with E-state index in [1.165, 1.54) is 0 Å². The fraction of sp³-hybridized carbons (Fsp3) is 0.500. The van der Waals surface area contributed by atoms with E-state index in [-0.39, 0.29) is 18.2 Å². The van der Waals surface area contributed by atoms with Crippen LogP contribution in [0.1, 0.15) is 6.42 Å². The number of thioether (sulfide) groups is 1. The smallest absolute Gasteiger partial charge is 0.252 e. The number of carbonyl (C=O) groups is 1. The van der Waals surface area contributed by atoms with E-state index in [9.17, 15) is 25.2 Å². The normalized spacial score (nSPS) is 19.1. The van der Waals surface area contributed by atoms with Gasteiger partial charge in [-0.05, 0) is 17.8 Å². The van der Waals surface area contributed by atoms with Gasteiger partial charge in [0.05, 0.1) is 6.42 Å².